The van der Waals surface area contributed by atoms with E-state index in [2.05, 4.69) is 0 Å². The molecule has 2 N–H and O–H groups in total. The van der Waals surface area contributed by atoms with Crippen LogP contribution in [-0.4, -0.2) is 34.5 Å². The van der Waals surface area contributed by atoms with Crippen LogP contribution in [0, 0.1) is 0 Å². The van der Waals surface area contributed by atoms with Gasteiger partial charge in [-0.15, -0.1) is 0 Å². The molecule has 1 aromatic rings. The van der Waals surface area contributed by atoms with Crippen LogP contribution in [0.2, 0.25) is 0 Å². The number of hydrogen-bond donors (Lipinski definition) is 2. The van der Waals surface area contributed by atoms with Gasteiger partial charge in [0.1, 0.15) is 11.5 Å². The SMILES string of the molecule is OC[C@@H]1O[C@@H](Sc2ccccc2)C[C@@H]1O. The Labute approximate surface area is 93.1 Å². The molecule has 0 amide bonds. The third kappa shape index (κ3) is 2.72. The van der Waals surface area contributed by atoms with Gasteiger partial charge < -0.3 is 14.9 Å². The number of ether oxygens (including phenoxy) is 1. The molecule has 1 aliphatic heterocycles. The van der Waals surface area contributed by atoms with E-state index < -0.39 is 12.2 Å². The van der Waals surface area contributed by atoms with Crippen molar-refractivity contribution in [3.05, 3.63) is 30.3 Å². The van der Waals surface area contributed by atoms with Gasteiger partial charge in [-0.1, -0.05) is 30.0 Å². The molecule has 1 fully saturated rings. The Balaban J connectivity index is 1.92. The van der Waals surface area contributed by atoms with Crippen LogP contribution >= 0.6 is 11.8 Å². The second kappa shape index (κ2) is 4.99. The molecule has 0 saturated carbocycles. The lowest BCUT2D eigenvalue weighted by Crippen LogP contribution is -2.24. The first-order valence-electron chi connectivity index (χ1n) is 4.95. The van der Waals surface area contributed by atoms with E-state index in [1.165, 1.54) is 0 Å². The largest absolute Gasteiger partial charge is 0.394 e. The van der Waals surface area contributed by atoms with Crippen LogP contribution in [0.15, 0.2) is 35.2 Å². The minimum absolute atomic E-state index is 0.0560. The first-order valence-corrected chi connectivity index (χ1v) is 5.83. The molecule has 4 heteroatoms. The van der Waals surface area contributed by atoms with Crippen molar-refractivity contribution >= 4 is 11.8 Å². The molecular weight excluding hydrogens is 212 g/mol. The van der Waals surface area contributed by atoms with E-state index in [1.54, 1.807) is 11.8 Å². The Hall–Kier alpha value is -0.550. The van der Waals surface area contributed by atoms with Crippen LogP contribution in [0.1, 0.15) is 6.42 Å². The van der Waals surface area contributed by atoms with Gasteiger partial charge in [0.15, 0.2) is 0 Å². The maximum atomic E-state index is 9.54. The lowest BCUT2D eigenvalue weighted by molar-refractivity contribution is -0.00249. The van der Waals surface area contributed by atoms with E-state index >= 15 is 0 Å². The van der Waals surface area contributed by atoms with Crippen LogP contribution < -0.4 is 0 Å². The molecule has 82 valence electrons. The minimum Gasteiger partial charge on any atom is -0.394 e. The van der Waals surface area contributed by atoms with Gasteiger partial charge in [0, 0.05) is 11.3 Å². The summed E-state index contributed by atoms with van der Waals surface area (Å²) in [5.74, 6) is 0. The highest BCUT2D eigenvalue weighted by molar-refractivity contribution is 7.99. The van der Waals surface area contributed by atoms with Crippen molar-refractivity contribution < 1.29 is 14.9 Å². The van der Waals surface area contributed by atoms with Crippen molar-refractivity contribution in [2.24, 2.45) is 0 Å². The molecule has 1 aromatic carbocycles. The first-order chi connectivity index (χ1) is 7.29. The zero-order valence-electron chi connectivity index (χ0n) is 8.24. The predicted molar refractivity (Wildman–Crippen MR) is 58.7 cm³/mol. The van der Waals surface area contributed by atoms with Crippen molar-refractivity contribution in [1.82, 2.24) is 0 Å². The minimum atomic E-state index is -0.545. The fourth-order valence-corrected chi connectivity index (χ4v) is 2.69. The molecule has 3 nitrogen and oxygen atoms in total. The fourth-order valence-electron chi connectivity index (χ4n) is 1.58. The molecule has 0 unspecified atom stereocenters. The van der Waals surface area contributed by atoms with Crippen LogP contribution in [-0.2, 0) is 4.74 Å². The molecule has 0 spiro atoms. The van der Waals surface area contributed by atoms with E-state index in [0.717, 1.165) is 4.90 Å². The van der Waals surface area contributed by atoms with E-state index in [9.17, 15) is 5.11 Å². The lowest BCUT2D eigenvalue weighted by Gasteiger charge is -2.11. The summed E-state index contributed by atoms with van der Waals surface area (Å²) in [7, 11) is 0. The maximum absolute atomic E-state index is 9.54. The second-order valence-corrected chi connectivity index (χ2v) is 4.75. The van der Waals surface area contributed by atoms with Crippen molar-refractivity contribution in [2.75, 3.05) is 6.61 Å². The van der Waals surface area contributed by atoms with Crippen LogP contribution in [0.25, 0.3) is 0 Å². The molecule has 0 bridgehead atoms. The predicted octanol–water partition coefficient (Wildman–Crippen LogP) is 1.25. The van der Waals surface area contributed by atoms with Crippen molar-refractivity contribution in [2.45, 2.75) is 29.0 Å². The monoisotopic (exact) mass is 226 g/mol. The Morgan fingerprint density at radius 1 is 1.33 bits per heavy atom. The van der Waals surface area contributed by atoms with Crippen LogP contribution in [0.3, 0.4) is 0 Å². The van der Waals surface area contributed by atoms with Gasteiger partial charge in [0.2, 0.25) is 0 Å². The summed E-state index contributed by atoms with van der Waals surface area (Å²) >= 11 is 1.58. The normalized spacial score (nSPS) is 30.7. The van der Waals surface area contributed by atoms with Gasteiger partial charge in [0.05, 0.1) is 12.7 Å². The lowest BCUT2D eigenvalue weighted by atomic mass is 10.2. The molecule has 0 aliphatic carbocycles. The molecule has 3 atom stereocenters. The van der Waals surface area contributed by atoms with Gasteiger partial charge in [-0.3, -0.25) is 0 Å². The smallest absolute Gasteiger partial charge is 0.110 e. The van der Waals surface area contributed by atoms with E-state index in [-0.39, 0.29) is 12.0 Å². The van der Waals surface area contributed by atoms with E-state index in [4.69, 9.17) is 9.84 Å². The van der Waals surface area contributed by atoms with Gasteiger partial charge in [0.25, 0.3) is 0 Å². The second-order valence-electron chi connectivity index (χ2n) is 3.52. The van der Waals surface area contributed by atoms with Gasteiger partial charge >= 0.3 is 0 Å². The number of benzene rings is 1. The fraction of sp³-hybridized carbons (Fsp3) is 0.455. The molecule has 0 radical (unpaired) electrons. The zero-order valence-corrected chi connectivity index (χ0v) is 9.06. The summed E-state index contributed by atoms with van der Waals surface area (Å²) < 4.78 is 5.49. The average Bonchev–Trinajstić information content (AvgIpc) is 2.60. The Morgan fingerprint density at radius 3 is 2.67 bits per heavy atom. The van der Waals surface area contributed by atoms with Crippen LogP contribution in [0.5, 0.6) is 0 Å². The van der Waals surface area contributed by atoms with Gasteiger partial charge in [-0.25, -0.2) is 0 Å². The number of hydrogen-bond acceptors (Lipinski definition) is 4. The third-order valence-electron chi connectivity index (χ3n) is 2.38. The van der Waals surface area contributed by atoms with Crippen LogP contribution in [0.4, 0.5) is 0 Å². The third-order valence-corrected chi connectivity index (χ3v) is 3.49. The van der Waals surface area contributed by atoms with E-state index in [0.29, 0.717) is 6.42 Å². The Bertz CT molecular complexity index is 304. The standard InChI is InChI=1S/C11H14O3S/c12-7-10-9(13)6-11(14-10)15-8-4-2-1-3-5-8/h1-5,9-13H,6-7H2/t9-,10-,11-/m0/s1. The molecule has 1 heterocycles. The molecule has 15 heavy (non-hydrogen) atoms. The van der Waals surface area contributed by atoms with Crippen molar-refractivity contribution in [3.63, 3.8) is 0 Å². The first kappa shape index (κ1) is 11.0. The highest BCUT2D eigenvalue weighted by Crippen LogP contribution is 2.33. The topological polar surface area (TPSA) is 49.7 Å². The summed E-state index contributed by atoms with van der Waals surface area (Å²) in [4.78, 5) is 1.12. The number of rotatable bonds is 3. The molecule has 1 aliphatic rings. The van der Waals surface area contributed by atoms with Gasteiger partial charge in [-0.05, 0) is 12.1 Å². The van der Waals surface area contributed by atoms with Crippen molar-refractivity contribution in [1.29, 1.82) is 0 Å². The van der Waals surface area contributed by atoms with Crippen molar-refractivity contribution in [3.8, 4) is 0 Å². The molecule has 1 saturated heterocycles. The highest BCUT2D eigenvalue weighted by atomic mass is 32.2. The Morgan fingerprint density at radius 2 is 2.07 bits per heavy atom. The maximum Gasteiger partial charge on any atom is 0.110 e. The zero-order chi connectivity index (χ0) is 10.7. The number of aliphatic hydroxyl groups excluding tert-OH is 2. The molecule has 0 aromatic heterocycles. The summed E-state index contributed by atoms with van der Waals surface area (Å²) in [5.41, 5.74) is -0.0560. The summed E-state index contributed by atoms with van der Waals surface area (Å²) in [5, 5.41) is 18.5. The quantitative estimate of drug-likeness (QED) is 0.814. The van der Waals surface area contributed by atoms with Gasteiger partial charge in [-0.2, -0.15) is 0 Å². The molecule has 2 rings (SSSR count). The average molecular weight is 226 g/mol. The molecular formula is C11H14O3S. The Kier molecular flexibility index (Phi) is 3.64. The number of thioether (sulfide) groups is 1. The van der Waals surface area contributed by atoms with E-state index in [1.807, 2.05) is 30.3 Å². The summed E-state index contributed by atoms with van der Waals surface area (Å²) in [6, 6.07) is 9.92. The summed E-state index contributed by atoms with van der Waals surface area (Å²) in [6.45, 7) is -0.118. The number of aliphatic hydroxyl groups is 2. The summed E-state index contributed by atoms with van der Waals surface area (Å²) in [6.07, 6.45) is -0.396. The highest BCUT2D eigenvalue weighted by Gasteiger charge is 2.33.